The third-order valence-corrected chi connectivity index (χ3v) is 4.78. The predicted octanol–water partition coefficient (Wildman–Crippen LogP) is 2.72. The van der Waals surface area contributed by atoms with Crippen LogP contribution in [0.4, 0.5) is 0 Å². The number of aromatic nitrogens is 4. The highest BCUT2D eigenvalue weighted by Gasteiger charge is 2.22. The number of hydrogen-bond acceptors (Lipinski definition) is 6. The first-order valence-corrected chi connectivity index (χ1v) is 8.74. The van der Waals surface area contributed by atoms with E-state index in [0.717, 1.165) is 22.4 Å². The first kappa shape index (κ1) is 18.7. The van der Waals surface area contributed by atoms with Gasteiger partial charge in [-0.15, -0.1) is 0 Å². The topological polar surface area (TPSA) is 86.5 Å². The highest BCUT2D eigenvalue weighted by molar-refractivity contribution is 6.00. The molecule has 7 heteroatoms. The van der Waals surface area contributed by atoms with E-state index in [2.05, 4.69) is 15.1 Å². The molecule has 1 atom stereocenters. The molecular weight excluding hydrogens is 344 g/mol. The molecule has 0 spiro atoms. The molecule has 140 valence electrons. The molecule has 0 radical (unpaired) electrons. The average molecular weight is 366 g/mol. The molecule has 0 aliphatic carbocycles. The molecule has 0 saturated carbocycles. The summed E-state index contributed by atoms with van der Waals surface area (Å²) in [5.74, 6) is -0.211. The fraction of sp³-hybridized carbons (Fsp3) is 0.350. The van der Waals surface area contributed by atoms with Crippen LogP contribution in [-0.2, 0) is 16.0 Å². The van der Waals surface area contributed by atoms with Crippen molar-refractivity contribution in [3.8, 4) is 0 Å². The van der Waals surface area contributed by atoms with Gasteiger partial charge < -0.3 is 4.74 Å². The number of ketones is 1. The molecule has 0 aliphatic rings. The largest absolute Gasteiger partial charge is 0.454 e. The minimum Gasteiger partial charge on any atom is -0.454 e. The molecule has 0 unspecified atom stereocenters. The van der Waals surface area contributed by atoms with Crippen LogP contribution in [0, 0.1) is 27.7 Å². The lowest BCUT2D eigenvalue weighted by Crippen LogP contribution is -2.26. The zero-order valence-electron chi connectivity index (χ0n) is 16.1. The molecule has 0 amide bonds. The van der Waals surface area contributed by atoms with Crippen LogP contribution in [0.15, 0.2) is 24.5 Å². The number of benzene rings is 1. The van der Waals surface area contributed by atoms with Crippen LogP contribution < -0.4 is 0 Å². The summed E-state index contributed by atoms with van der Waals surface area (Å²) < 4.78 is 6.97. The summed E-state index contributed by atoms with van der Waals surface area (Å²) in [6, 6.07) is 5.47. The number of rotatable bonds is 5. The van der Waals surface area contributed by atoms with Gasteiger partial charge in [0, 0.05) is 22.5 Å². The number of carbonyl (C=O) groups excluding carboxylic acids is 2. The zero-order valence-corrected chi connectivity index (χ0v) is 16.1. The summed E-state index contributed by atoms with van der Waals surface area (Å²) in [5.41, 5.74) is 4.87. The summed E-state index contributed by atoms with van der Waals surface area (Å²) >= 11 is 0. The number of aryl methyl sites for hydroxylation is 4. The van der Waals surface area contributed by atoms with Crippen molar-refractivity contribution in [1.82, 2.24) is 19.6 Å². The minimum atomic E-state index is -0.858. The van der Waals surface area contributed by atoms with E-state index in [4.69, 9.17) is 4.74 Å². The van der Waals surface area contributed by atoms with E-state index >= 15 is 0 Å². The predicted molar refractivity (Wildman–Crippen MR) is 99.8 cm³/mol. The van der Waals surface area contributed by atoms with Crippen LogP contribution in [0.3, 0.4) is 0 Å². The summed E-state index contributed by atoms with van der Waals surface area (Å²) in [5, 5.41) is 4.11. The van der Waals surface area contributed by atoms with Crippen molar-refractivity contribution < 1.29 is 14.3 Å². The molecule has 3 rings (SSSR count). The van der Waals surface area contributed by atoms with E-state index in [0.29, 0.717) is 17.0 Å². The maximum absolute atomic E-state index is 12.6. The first-order chi connectivity index (χ1) is 12.8. The summed E-state index contributed by atoms with van der Waals surface area (Å²) in [7, 11) is 0. The molecule has 7 nitrogen and oxygen atoms in total. The molecule has 0 N–H and O–H groups in total. The van der Waals surface area contributed by atoms with Crippen molar-refractivity contribution in [3.05, 3.63) is 58.2 Å². The summed E-state index contributed by atoms with van der Waals surface area (Å²) in [4.78, 5) is 33.4. The molecule has 0 saturated heterocycles. The third kappa shape index (κ3) is 3.72. The Morgan fingerprint density at radius 2 is 1.89 bits per heavy atom. The SMILES string of the molecule is Cc1ccc(C(=O)[C@H](C)OC(=O)Cc2c(C)nc3ncnn3c2C)cc1C. The van der Waals surface area contributed by atoms with Crippen molar-refractivity contribution in [2.45, 2.75) is 47.1 Å². The van der Waals surface area contributed by atoms with Crippen LogP contribution >= 0.6 is 0 Å². The van der Waals surface area contributed by atoms with E-state index in [1.807, 2.05) is 39.8 Å². The average Bonchev–Trinajstić information content (AvgIpc) is 3.08. The van der Waals surface area contributed by atoms with Crippen LogP contribution in [0.5, 0.6) is 0 Å². The number of esters is 1. The van der Waals surface area contributed by atoms with Crippen LogP contribution in [0.1, 0.15) is 45.4 Å². The lowest BCUT2D eigenvalue weighted by molar-refractivity contribution is -0.145. The Balaban J connectivity index is 1.73. The summed E-state index contributed by atoms with van der Waals surface area (Å²) in [6.45, 7) is 9.18. The van der Waals surface area contributed by atoms with Gasteiger partial charge in [-0.05, 0) is 51.8 Å². The Bertz CT molecular complexity index is 1040. The molecule has 2 heterocycles. The van der Waals surface area contributed by atoms with Crippen LogP contribution in [0.25, 0.3) is 5.78 Å². The van der Waals surface area contributed by atoms with Gasteiger partial charge in [0.15, 0.2) is 6.10 Å². The van der Waals surface area contributed by atoms with Crippen molar-refractivity contribution in [2.24, 2.45) is 0 Å². The monoisotopic (exact) mass is 366 g/mol. The Kier molecular flexibility index (Phi) is 5.03. The minimum absolute atomic E-state index is 0.0189. The first-order valence-electron chi connectivity index (χ1n) is 8.74. The van der Waals surface area contributed by atoms with Crippen LogP contribution in [0.2, 0.25) is 0 Å². The molecule has 0 bridgehead atoms. The van der Waals surface area contributed by atoms with Gasteiger partial charge in [-0.1, -0.05) is 12.1 Å². The van der Waals surface area contributed by atoms with E-state index in [-0.39, 0.29) is 12.2 Å². The van der Waals surface area contributed by atoms with Gasteiger partial charge in [0.2, 0.25) is 5.78 Å². The molecule has 27 heavy (non-hydrogen) atoms. The van der Waals surface area contributed by atoms with E-state index in [1.165, 1.54) is 6.33 Å². The molecule has 0 fully saturated rings. The lowest BCUT2D eigenvalue weighted by atomic mass is 10.0. The van der Waals surface area contributed by atoms with Crippen LogP contribution in [-0.4, -0.2) is 37.4 Å². The van der Waals surface area contributed by atoms with E-state index in [9.17, 15) is 9.59 Å². The second kappa shape index (κ2) is 7.26. The molecular formula is C20H22N4O3. The second-order valence-electron chi connectivity index (χ2n) is 6.71. The van der Waals surface area contributed by atoms with E-state index < -0.39 is 12.1 Å². The van der Waals surface area contributed by atoms with Crippen molar-refractivity contribution in [2.75, 3.05) is 0 Å². The quantitative estimate of drug-likeness (QED) is 0.510. The maximum atomic E-state index is 12.6. The molecule has 0 aliphatic heterocycles. The van der Waals surface area contributed by atoms with Crippen molar-refractivity contribution >= 4 is 17.5 Å². The molecule has 1 aromatic carbocycles. The molecule has 2 aromatic heterocycles. The number of fused-ring (bicyclic) bond motifs is 1. The van der Waals surface area contributed by atoms with Gasteiger partial charge in [0.05, 0.1) is 6.42 Å². The second-order valence-corrected chi connectivity index (χ2v) is 6.71. The third-order valence-electron chi connectivity index (χ3n) is 4.78. The van der Waals surface area contributed by atoms with Gasteiger partial charge in [-0.2, -0.15) is 10.1 Å². The van der Waals surface area contributed by atoms with Gasteiger partial charge in [-0.25, -0.2) is 9.50 Å². The maximum Gasteiger partial charge on any atom is 0.311 e. The Morgan fingerprint density at radius 3 is 2.59 bits per heavy atom. The standard InChI is InChI=1S/C20H22N4O3/c1-11-6-7-16(8-12(11)2)19(26)15(5)27-18(25)9-17-13(3)23-20-21-10-22-24(20)14(17)4/h6-8,10,15H,9H2,1-5H3/t15-/m0/s1. The number of nitrogens with zero attached hydrogens (tertiary/aromatic N) is 4. The van der Waals surface area contributed by atoms with Crippen molar-refractivity contribution in [3.63, 3.8) is 0 Å². The fourth-order valence-electron chi connectivity index (χ4n) is 2.98. The normalized spacial score (nSPS) is 12.2. The Hall–Kier alpha value is -3.09. The number of Topliss-reactive ketones (excluding diaryl/α,β-unsaturated/α-hetero) is 1. The Labute approximate surface area is 157 Å². The zero-order chi connectivity index (χ0) is 19.7. The van der Waals surface area contributed by atoms with Crippen molar-refractivity contribution in [1.29, 1.82) is 0 Å². The highest BCUT2D eigenvalue weighted by Crippen LogP contribution is 2.16. The Morgan fingerprint density at radius 1 is 1.15 bits per heavy atom. The summed E-state index contributed by atoms with van der Waals surface area (Å²) in [6.07, 6.45) is 0.579. The molecule has 3 aromatic rings. The van der Waals surface area contributed by atoms with Gasteiger partial charge >= 0.3 is 5.97 Å². The van der Waals surface area contributed by atoms with E-state index in [1.54, 1.807) is 17.5 Å². The number of hydrogen-bond donors (Lipinski definition) is 0. The van der Waals surface area contributed by atoms with Gasteiger partial charge in [-0.3, -0.25) is 9.59 Å². The lowest BCUT2D eigenvalue weighted by Gasteiger charge is -2.15. The fourth-order valence-corrected chi connectivity index (χ4v) is 2.98. The van der Waals surface area contributed by atoms with Gasteiger partial charge in [0.25, 0.3) is 5.78 Å². The number of ether oxygens (including phenoxy) is 1. The smallest absolute Gasteiger partial charge is 0.311 e. The number of carbonyl (C=O) groups is 2. The van der Waals surface area contributed by atoms with Gasteiger partial charge in [0.1, 0.15) is 6.33 Å². The highest BCUT2D eigenvalue weighted by atomic mass is 16.5.